The third-order valence-electron chi connectivity index (χ3n) is 6.04. The molecule has 0 saturated carbocycles. The third-order valence-corrected chi connectivity index (χ3v) is 6.04. The van der Waals surface area contributed by atoms with Crippen LogP contribution in [-0.2, 0) is 11.8 Å². The lowest BCUT2D eigenvalue weighted by Gasteiger charge is -2.30. The second-order valence-electron chi connectivity index (χ2n) is 9.26. The average Bonchev–Trinajstić information content (AvgIpc) is 2.69. The summed E-state index contributed by atoms with van der Waals surface area (Å²) in [5.41, 5.74) is 7.05. The number of hydrogen-bond acceptors (Lipinski definition) is 3. The van der Waals surface area contributed by atoms with E-state index in [4.69, 9.17) is 4.74 Å². The second-order valence-corrected chi connectivity index (χ2v) is 9.26. The van der Waals surface area contributed by atoms with Crippen LogP contribution in [0, 0.1) is 6.92 Å². The van der Waals surface area contributed by atoms with Crippen molar-refractivity contribution < 1.29 is 4.74 Å². The molecule has 0 aromatic heterocycles. The highest BCUT2D eigenvalue weighted by Gasteiger charge is 2.24. The van der Waals surface area contributed by atoms with E-state index in [-0.39, 0.29) is 11.5 Å². The zero-order chi connectivity index (χ0) is 21.0. The van der Waals surface area contributed by atoms with Gasteiger partial charge in [0, 0.05) is 13.1 Å². The molecule has 0 radical (unpaired) electrons. The number of benzene rings is 2. The Hall–Kier alpha value is -1.84. The van der Waals surface area contributed by atoms with Crippen molar-refractivity contribution in [3.05, 3.63) is 64.2 Å². The Balaban J connectivity index is 1.80. The van der Waals surface area contributed by atoms with Gasteiger partial charge in [-0.15, -0.1) is 0 Å². The molecule has 3 rings (SSSR count). The average molecular weight is 395 g/mol. The molecule has 1 heterocycles. The molecule has 0 bridgehead atoms. The number of rotatable bonds is 7. The maximum absolute atomic E-state index is 6.07. The van der Waals surface area contributed by atoms with Crippen LogP contribution >= 0.6 is 0 Å². The van der Waals surface area contributed by atoms with Gasteiger partial charge in [-0.1, -0.05) is 64.4 Å². The molecule has 1 unspecified atom stereocenters. The monoisotopic (exact) mass is 394 g/mol. The molecule has 29 heavy (non-hydrogen) atoms. The summed E-state index contributed by atoms with van der Waals surface area (Å²) in [6, 6.07) is 13.9. The molecule has 1 N–H and O–H groups in total. The van der Waals surface area contributed by atoms with Gasteiger partial charge in [0.1, 0.15) is 12.4 Å². The SMILES string of the molecule is CCN(CC)CCOc1ccc2c(c1)CCNC2c1cc(C)cc(C(C)(C)C)c1. The van der Waals surface area contributed by atoms with Crippen LogP contribution in [0.1, 0.15) is 68.5 Å². The summed E-state index contributed by atoms with van der Waals surface area (Å²) in [6.07, 6.45) is 1.05. The number of ether oxygens (including phenoxy) is 1. The molecule has 1 aliphatic rings. The fraction of sp³-hybridized carbons (Fsp3) is 0.538. The van der Waals surface area contributed by atoms with Gasteiger partial charge in [-0.25, -0.2) is 0 Å². The topological polar surface area (TPSA) is 24.5 Å². The van der Waals surface area contributed by atoms with Crippen LogP contribution in [0.3, 0.4) is 0 Å². The molecule has 2 aromatic carbocycles. The van der Waals surface area contributed by atoms with Crippen molar-refractivity contribution in [1.29, 1.82) is 0 Å². The zero-order valence-corrected chi connectivity index (χ0v) is 19.1. The summed E-state index contributed by atoms with van der Waals surface area (Å²) in [6.45, 7) is 18.3. The molecule has 0 amide bonds. The van der Waals surface area contributed by atoms with Crippen LogP contribution in [0.2, 0.25) is 0 Å². The van der Waals surface area contributed by atoms with E-state index in [2.05, 4.69) is 88.2 Å². The van der Waals surface area contributed by atoms with Gasteiger partial charge in [-0.2, -0.15) is 0 Å². The molecule has 158 valence electrons. The molecule has 0 aliphatic carbocycles. The Morgan fingerprint density at radius 1 is 1.07 bits per heavy atom. The van der Waals surface area contributed by atoms with Crippen LogP contribution in [0.4, 0.5) is 0 Å². The molecule has 3 nitrogen and oxygen atoms in total. The minimum Gasteiger partial charge on any atom is -0.492 e. The largest absolute Gasteiger partial charge is 0.492 e. The van der Waals surface area contributed by atoms with Crippen molar-refractivity contribution in [2.45, 2.75) is 59.4 Å². The van der Waals surface area contributed by atoms with E-state index in [0.717, 1.165) is 45.0 Å². The molecule has 3 heteroatoms. The molecule has 1 aliphatic heterocycles. The Bertz CT molecular complexity index is 818. The molecule has 0 fully saturated rings. The second kappa shape index (κ2) is 9.32. The van der Waals surface area contributed by atoms with Gasteiger partial charge in [0.05, 0.1) is 6.04 Å². The number of nitrogens with zero attached hydrogens (tertiary/aromatic N) is 1. The van der Waals surface area contributed by atoms with E-state index in [1.807, 2.05) is 0 Å². The number of likely N-dealkylation sites (N-methyl/N-ethyl adjacent to an activating group) is 1. The standard InChI is InChI=1S/C26H38N2O/c1-7-28(8-2)13-14-29-23-9-10-24-20(18-23)11-12-27-25(24)21-15-19(3)16-22(17-21)26(4,5)6/h9-10,15-18,25,27H,7-8,11-14H2,1-6H3. The van der Waals surface area contributed by atoms with Gasteiger partial charge in [0.2, 0.25) is 0 Å². The van der Waals surface area contributed by atoms with Crippen LogP contribution in [-0.4, -0.2) is 37.7 Å². The van der Waals surface area contributed by atoms with E-state index >= 15 is 0 Å². The first kappa shape index (κ1) is 21.9. The molecule has 0 spiro atoms. The number of hydrogen-bond donors (Lipinski definition) is 1. The highest BCUT2D eigenvalue weighted by Crippen LogP contribution is 2.34. The van der Waals surface area contributed by atoms with Gasteiger partial charge in [-0.3, -0.25) is 0 Å². The van der Waals surface area contributed by atoms with Crippen molar-refractivity contribution in [1.82, 2.24) is 10.2 Å². The van der Waals surface area contributed by atoms with E-state index in [0.29, 0.717) is 0 Å². The van der Waals surface area contributed by atoms with Gasteiger partial charge in [-0.05, 0) is 66.2 Å². The minimum absolute atomic E-state index is 0.154. The molecular formula is C26H38N2O. The predicted octanol–water partition coefficient (Wildman–Crippen LogP) is 5.25. The number of nitrogens with one attached hydrogen (secondary N) is 1. The lowest BCUT2D eigenvalue weighted by atomic mass is 9.82. The third kappa shape index (κ3) is 5.40. The van der Waals surface area contributed by atoms with Gasteiger partial charge in [0.15, 0.2) is 0 Å². The predicted molar refractivity (Wildman–Crippen MR) is 123 cm³/mol. The fourth-order valence-corrected chi connectivity index (χ4v) is 4.17. The van der Waals surface area contributed by atoms with Crippen molar-refractivity contribution in [3.63, 3.8) is 0 Å². The lowest BCUT2D eigenvalue weighted by molar-refractivity contribution is 0.222. The Morgan fingerprint density at radius 3 is 2.52 bits per heavy atom. The van der Waals surface area contributed by atoms with Crippen LogP contribution < -0.4 is 10.1 Å². The molecular weight excluding hydrogens is 356 g/mol. The summed E-state index contributed by atoms with van der Waals surface area (Å²) in [7, 11) is 0. The Morgan fingerprint density at radius 2 is 1.83 bits per heavy atom. The van der Waals surface area contributed by atoms with Crippen molar-refractivity contribution in [3.8, 4) is 5.75 Å². The minimum atomic E-state index is 0.154. The Kier molecular flexibility index (Phi) is 7.02. The zero-order valence-electron chi connectivity index (χ0n) is 19.1. The van der Waals surface area contributed by atoms with E-state index in [1.54, 1.807) is 0 Å². The summed E-state index contributed by atoms with van der Waals surface area (Å²) in [4.78, 5) is 2.39. The summed E-state index contributed by atoms with van der Waals surface area (Å²) >= 11 is 0. The highest BCUT2D eigenvalue weighted by atomic mass is 16.5. The Labute approximate surface area is 177 Å². The molecule has 1 atom stereocenters. The van der Waals surface area contributed by atoms with Crippen LogP contribution in [0.25, 0.3) is 0 Å². The van der Waals surface area contributed by atoms with Gasteiger partial charge in [0.25, 0.3) is 0 Å². The van der Waals surface area contributed by atoms with Crippen molar-refractivity contribution >= 4 is 0 Å². The smallest absolute Gasteiger partial charge is 0.119 e. The first-order chi connectivity index (χ1) is 13.8. The highest BCUT2D eigenvalue weighted by molar-refractivity contribution is 5.46. The van der Waals surface area contributed by atoms with Crippen molar-refractivity contribution in [2.75, 3.05) is 32.8 Å². The van der Waals surface area contributed by atoms with E-state index < -0.39 is 0 Å². The molecule has 2 aromatic rings. The fourth-order valence-electron chi connectivity index (χ4n) is 4.17. The van der Waals surface area contributed by atoms with Crippen LogP contribution in [0.15, 0.2) is 36.4 Å². The number of aryl methyl sites for hydroxylation is 1. The summed E-state index contributed by atoms with van der Waals surface area (Å²) in [5.74, 6) is 0.996. The summed E-state index contributed by atoms with van der Waals surface area (Å²) < 4.78 is 6.07. The van der Waals surface area contributed by atoms with E-state index in [1.165, 1.54) is 27.8 Å². The maximum atomic E-state index is 6.07. The van der Waals surface area contributed by atoms with Crippen LogP contribution in [0.5, 0.6) is 5.75 Å². The number of fused-ring (bicyclic) bond motifs is 1. The normalized spacial score (nSPS) is 16.7. The summed E-state index contributed by atoms with van der Waals surface area (Å²) in [5, 5.41) is 3.74. The van der Waals surface area contributed by atoms with Crippen molar-refractivity contribution in [2.24, 2.45) is 0 Å². The maximum Gasteiger partial charge on any atom is 0.119 e. The quantitative estimate of drug-likeness (QED) is 0.694. The lowest BCUT2D eigenvalue weighted by Crippen LogP contribution is -2.31. The first-order valence-electron chi connectivity index (χ1n) is 11.1. The van der Waals surface area contributed by atoms with Gasteiger partial charge >= 0.3 is 0 Å². The molecule has 0 saturated heterocycles. The van der Waals surface area contributed by atoms with E-state index in [9.17, 15) is 0 Å². The first-order valence-corrected chi connectivity index (χ1v) is 11.1. The van der Waals surface area contributed by atoms with Gasteiger partial charge < -0.3 is 15.0 Å².